The fourth-order valence-electron chi connectivity index (χ4n) is 2.31. The van der Waals surface area contributed by atoms with E-state index in [-0.39, 0.29) is 15.6 Å². The number of sulfonamides is 1. The Balaban J connectivity index is 1.94. The van der Waals surface area contributed by atoms with Crippen molar-refractivity contribution in [2.24, 2.45) is 0 Å². The van der Waals surface area contributed by atoms with Gasteiger partial charge in [0, 0.05) is 11.1 Å². The zero-order chi connectivity index (χ0) is 23.2. The number of halogens is 1. The Morgan fingerprint density at radius 2 is 1.84 bits per heavy atom. The molecule has 1 atom stereocenters. The van der Waals surface area contributed by atoms with E-state index in [0.29, 0.717) is 5.75 Å². The molecule has 0 aliphatic carbocycles. The van der Waals surface area contributed by atoms with Gasteiger partial charge in [-0.3, -0.25) is 19.7 Å². The van der Waals surface area contributed by atoms with Gasteiger partial charge in [0.05, 0.1) is 16.9 Å². The van der Waals surface area contributed by atoms with Crippen molar-refractivity contribution in [3.63, 3.8) is 0 Å². The summed E-state index contributed by atoms with van der Waals surface area (Å²) in [6.45, 7) is 0.457. The minimum Gasteiger partial charge on any atom is -0.497 e. The van der Waals surface area contributed by atoms with E-state index < -0.39 is 45.2 Å². The number of benzene rings is 2. The number of methoxy groups -OCH3 is 1. The smallest absolute Gasteiger partial charge is 0.324 e. The maximum absolute atomic E-state index is 12.3. The molecule has 0 saturated carbocycles. The number of anilines is 1. The van der Waals surface area contributed by atoms with Gasteiger partial charge in [-0.2, -0.15) is 4.72 Å². The van der Waals surface area contributed by atoms with Crippen LogP contribution in [0.1, 0.15) is 6.92 Å². The van der Waals surface area contributed by atoms with E-state index in [4.69, 9.17) is 21.1 Å². The summed E-state index contributed by atoms with van der Waals surface area (Å²) in [5, 5.41) is 13.4. The molecule has 0 unspecified atom stereocenters. The number of esters is 1. The lowest BCUT2D eigenvalue weighted by atomic mass is 10.2. The number of carbonyl (C=O) groups excluding carboxylic acids is 2. The van der Waals surface area contributed by atoms with E-state index in [1.165, 1.54) is 50.4 Å². The highest BCUT2D eigenvalue weighted by Gasteiger charge is 2.24. The van der Waals surface area contributed by atoms with Crippen molar-refractivity contribution in [1.82, 2.24) is 4.72 Å². The normalized spacial score (nSPS) is 12.0. The first-order valence-electron chi connectivity index (χ1n) is 8.60. The summed E-state index contributed by atoms with van der Waals surface area (Å²) >= 11 is 5.70. The molecule has 0 saturated heterocycles. The van der Waals surface area contributed by atoms with E-state index in [1.54, 1.807) is 0 Å². The molecule has 0 radical (unpaired) electrons. The number of amides is 1. The van der Waals surface area contributed by atoms with Gasteiger partial charge < -0.3 is 14.8 Å². The molecule has 0 bridgehead atoms. The van der Waals surface area contributed by atoms with Crippen molar-refractivity contribution in [3.05, 3.63) is 57.6 Å². The summed E-state index contributed by atoms with van der Waals surface area (Å²) in [4.78, 5) is 34.2. The highest BCUT2D eigenvalue weighted by atomic mass is 35.5. The second-order valence-electron chi connectivity index (χ2n) is 6.09. The first-order valence-corrected chi connectivity index (χ1v) is 10.5. The molecule has 0 fully saturated rings. The fraction of sp³-hybridized carbons (Fsp3) is 0.222. The van der Waals surface area contributed by atoms with Crippen LogP contribution in [-0.2, 0) is 24.3 Å². The molecule has 2 N–H and O–H groups in total. The van der Waals surface area contributed by atoms with Crippen LogP contribution in [0.4, 0.5) is 11.4 Å². The van der Waals surface area contributed by atoms with Crippen molar-refractivity contribution in [1.29, 1.82) is 0 Å². The van der Waals surface area contributed by atoms with Crippen LogP contribution in [0.2, 0.25) is 5.02 Å². The van der Waals surface area contributed by atoms with Crippen LogP contribution in [0.15, 0.2) is 47.4 Å². The van der Waals surface area contributed by atoms with Gasteiger partial charge >= 0.3 is 5.97 Å². The van der Waals surface area contributed by atoms with E-state index in [9.17, 15) is 28.1 Å². The number of nitrogens with one attached hydrogen (secondary N) is 2. The van der Waals surface area contributed by atoms with Crippen molar-refractivity contribution in [2.45, 2.75) is 17.9 Å². The van der Waals surface area contributed by atoms with Crippen LogP contribution < -0.4 is 14.8 Å². The zero-order valence-electron chi connectivity index (χ0n) is 16.3. The van der Waals surface area contributed by atoms with Crippen molar-refractivity contribution < 1.29 is 32.4 Å². The van der Waals surface area contributed by atoms with E-state index in [2.05, 4.69) is 10.0 Å². The average molecular weight is 472 g/mol. The molecule has 166 valence electrons. The molecule has 11 nitrogen and oxygen atoms in total. The predicted octanol–water partition coefficient (Wildman–Crippen LogP) is 2.11. The fourth-order valence-corrected chi connectivity index (χ4v) is 3.67. The van der Waals surface area contributed by atoms with E-state index >= 15 is 0 Å². The maximum atomic E-state index is 12.3. The number of rotatable bonds is 9. The number of nitrogens with zero attached hydrogens (tertiary/aromatic N) is 1. The van der Waals surface area contributed by atoms with Gasteiger partial charge in [0.2, 0.25) is 10.0 Å². The number of ether oxygens (including phenoxy) is 2. The standard InChI is InChI=1S/C18H18ClN3O8S/c1-11(21-31(27,28)14-6-4-13(29-2)5-7-14)18(24)30-10-17(23)20-15-8-3-12(19)9-16(15)22(25)26/h3-9,11,21H,10H2,1-2H3,(H,20,23)/t11-/m0/s1. The first kappa shape index (κ1) is 24.1. The van der Waals surface area contributed by atoms with Crippen molar-refractivity contribution >= 4 is 44.9 Å². The van der Waals surface area contributed by atoms with Crippen LogP contribution in [0.3, 0.4) is 0 Å². The van der Waals surface area contributed by atoms with Gasteiger partial charge in [-0.15, -0.1) is 0 Å². The second-order valence-corrected chi connectivity index (χ2v) is 8.24. The van der Waals surface area contributed by atoms with Crippen molar-refractivity contribution in [2.75, 3.05) is 19.0 Å². The molecule has 2 aromatic rings. The first-order chi connectivity index (χ1) is 14.5. The summed E-state index contributed by atoms with van der Waals surface area (Å²) in [7, 11) is -2.60. The monoisotopic (exact) mass is 471 g/mol. The van der Waals surface area contributed by atoms with Gasteiger partial charge in [-0.25, -0.2) is 8.42 Å². The van der Waals surface area contributed by atoms with Gasteiger partial charge in [0.1, 0.15) is 17.5 Å². The lowest BCUT2D eigenvalue weighted by Gasteiger charge is -2.14. The Morgan fingerprint density at radius 1 is 1.19 bits per heavy atom. The minimum atomic E-state index is -4.03. The second kappa shape index (κ2) is 10.2. The highest BCUT2D eigenvalue weighted by Crippen LogP contribution is 2.27. The molecule has 2 rings (SSSR count). The Labute approximate surface area is 182 Å². The van der Waals surface area contributed by atoms with Crippen LogP contribution in [0.25, 0.3) is 0 Å². The number of carbonyl (C=O) groups is 2. The van der Waals surface area contributed by atoms with E-state index in [1.807, 2.05) is 0 Å². The lowest BCUT2D eigenvalue weighted by Crippen LogP contribution is -2.40. The summed E-state index contributed by atoms with van der Waals surface area (Å²) in [6.07, 6.45) is 0. The van der Waals surface area contributed by atoms with Gasteiger partial charge in [0.15, 0.2) is 6.61 Å². The largest absolute Gasteiger partial charge is 0.497 e. The Kier molecular flexibility index (Phi) is 7.91. The molecule has 31 heavy (non-hydrogen) atoms. The van der Waals surface area contributed by atoms with Gasteiger partial charge in [-0.05, 0) is 43.3 Å². The molecule has 0 aromatic heterocycles. The third-order valence-corrected chi connectivity index (χ3v) is 5.62. The Hall–Kier alpha value is -3.22. The SMILES string of the molecule is COc1ccc(S(=O)(=O)N[C@@H](C)C(=O)OCC(=O)Nc2ccc(Cl)cc2[N+](=O)[O-])cc1. The third-order valence-electron chi connectivity index (χ3n) is 3.83. The number of hydrogen-bond acceptors (Lipinski definition) is 8. The zero-order valence-corrected chi connectivity index (χ0v) is 17.9. The molecule has 0 aliphatic heterocycles. The summed E-state index contributed by atoms with van der Waals surface area (Å²) in [6, 6.07) is 7.80. The highest BCUT2D eigenvalue weighted by molar-refractivity contribution is 7.89. The average Bonchev–Trinajstić information content (AvgIpc) is 2.72. The number of hydrogen-bond donors (Lipinski definition) is 2. The van der Waals surface area contributed by atoms with E-state index in [0.717, 1.165) is 6.07 Å². The molecular weight excluding hydrogens is 454 g/mol. The summed E-state index contributed by atoms with van der Waals surface area (Å²) in [5.41, 5.74) is -0.573. The van der Waals surface area contributed by atoms with Crippen LogP contribution in [-0.4, -0.2) is 45.0 Å². The van der Waals surface area contributed by atoms with Crippen molar-refractivity contribution in [3.8, 4) is 5.75 Å². The Bertz CT molecular complexity index is 1090. The minimum absolute atomic E-state index is 0.0965. The summed E-state index contributed by atoms with van der Waals surface area (Å²) in [5.74, 6) is -1.42. The maximum Gasteiger partial charge on any atom is 0.324 e. The van der Waals surface area contributed by atoms with Gasteiger partial charge in [0.25, 0.3) is 11.6 Å². The van der Waals surface area contributed by atoms with Crippen LogP contribution in [0, 0.1) is 10.1 Å². The molecule has 1 amide bonds. The van der Waals surface area contributed by atoms with Crippen LogP contribution in [0.5, 0.6) is 5.75 Å². The molecule has 0 spiro atoms. The quantitative estimate of drug-likeness (QED) is 0.320. The predicted molar refractivity (Wildman–Crippen MR) is 110 cm³/mol. The molecule has 0 aliphatic rings. The third kappa shape index (κ3) is 6.64. The summed E-state index contributed by atoms with van der Waals surface area (Å²) < 4.78 is 36.6. The molecule has 13 heteroatoms. The Morgan fingerprint density at radius 3 is 2.42 bits per heavy atom. The lowest BCUT2D eigenvalue weighted by molar-refractivity contribution is -0.383. The molecule has 2 aromatic carbocycles. The number of nitro groups is 1. The number of nitro benzene ring substituents is 1. The molecule has 0 heterocycles. The topological polar surface area (TPSA) is 154 Å². The molecular formula is C18H18ClN3O8S. The van der Waals surface area contributed by atoms with Crippen LogP contribution >= 0.6 is 11.6 Å². The van der Waals surface area contributed by atoms with Gasteiger partial charge in [-0.1, -0.05) is 11.6 Å².